The fourth-order valence-electron chi connectivity index (χ4n) is 2.76. The fourth-order valence-corrected chi connectivity index (χ4v) is 2.76. The highest BCUT2D eigenvalue weighted by Crippen LogP contribution is 2.10. The highest BCUT2D eigenvalue weighted by Gasteiger charge is 2.25. The summed E-state index contributed by atoms with van der Waals surface area (Å²) in [5.41, 5.74) is 2.27. The van der Waals surface area contributed by atoms with Crippen molar-refractivity contribution in [3.8, 4) is 0 Å². The Bertz CT molecular complexity index is 704. The summed E-state index contributed by atoms with van der Waals surface area (Å²) in [6, 6.07) is 11.2. The van der Waals surface area contributed by atoms with E-state index < -0.39 is 0 Å². The minimum Gasteiger partial charge on any atom is -0.459 e. The van der Waals surface area contributed by atoms with Gasteiger partial charge in [-0.15, -0.1) is 0 Å². The van der Waals surface area contributed by atoms with Crippen molar-refractivity contribution < 1.29 is 14.0 Å². The van der Waals surface area contributed by atoms with Crippen molar-refractivity contribution in [3.05, 3.63) is 59.5 Å². The molecule has 0 bridgehead atoms. The topological polar surface area (TPSA) is 65.8 Å². The van der Waals surface area contributed by atoms with Crippen LogP contribution in [0.5, 0.6) is 0 Å². The van der Waals surface area contributed by atoms with Gasteiger partial charge in [-0.3, -0.25) is 4.79 Å². The lowest BCUT2D eigenvalue weighted by Gasteiger charge is -2.34. The number of piperazine rings is 1. The number of amides is 3. The molecule has 0 saturated carbocycles. The summed E-state index contributed by atoms with van der Waals surface area (Å²) >= 11 is 0. The predicted octanol–water partition coefficient (Wildman–Crippen LogP) is 2.26. The Labute approximate surface area is 141 Å². The lowest BCUT2D eigenvalue weighted by atomic mass is 10.1. The molecule has 126 valence electrons. The molecule has 1 aromatic carbocycles. The highest BCUT2D eigenvalue weighted by atomic mass is 16.3. The Morgan fingerprint density at radius 3 is 2.42 bits per heavy atom. The van der Waals surface area contributed by atoms with Gasteiger partial charge in [0.2, 0.25) is 0 Å². The van der Waals surface area contributed by atoms with E-state index in [-0.39, 0.29) is 11.9 Å². The van der Waals surface area contributed by atoms with Crippen molar-refractivity contribution >= 4 is 11.9 Å². The first kappa shape index (κ1) is 16.1. The first-order valence-corrected chi connectivity index (χ1v) is 8.05. The van der Waals surface area contributed by atoms with Crippen LogP contribution in [0.15, 0.2) is 47.1 Å². The fraction of sp³-hybridized carbons (Fsp3) is 0.333. The lowest BCUT2D eigenvalue weighted by molar-refractivity contribution is 0.0634. The Kier molecular flexibility index (Phi) is 4.84. The van der Waals surface area contributed by atoms with Crippen LogP contribution in [0.4, 0.5) is 4.79 Å². The van der Waals surface area contributed by atoms with E-state index in [4.69, 9.17) is 4.42 Å². The van der Waals surface area contributed by atoms with E-state index in [1.165, 1.54) is 6.26 Å². The number of hydrogen-bond acceptors (Lipinski definition) is 3. The molecule has 0 radical (unpaired) electrons. The minimum absolute atomic E-state index is 0.0941. The maximum atomic E-state index is 12.3. The normalized spacial score (nSPS) is 14.5. The molecule has 1 fully saturated rings. The zero-order valence-corrected chi connectivity index (χ0v) is 13.7. The number of nitrogens with zero attached hydrogens (tertiary/aromatic N) is 2. The second-order valence-corrected chi connectivity index (χ2v) is 5.84. The third-order valence-electron chi connectivity index (χ3n) is 4.28. The third-order valence-corrected chi connectivity index (χ3v) is 4.28. The van der Waals surface area contributed by atoms with Gasteiger partial charge in [-0.1, -0.05) is 24.3 Å². The standard InChI is InChI=1S/C18H21N3O3/c1-14-5-2-3-6-15(14)13-19-18(23)21-10-8-20(9-11-21)17(22)16-7-4-12-24-16/h2-7,12H,8-11,13H2,1H3,(H,19,23). The molecule has 1 saturated heterocycles. The molecule has 6 nitrogen and oxygen atoms in total. The maximum Gasteiger partial charge on any atom is 0.317 e. The Morgan fingerprint density at radius 1 is 1.04 bits per heavy atom. The van der Waals surface area contributed by atoms with E-state index in [1.807, 2.05) is 31.2 Å². The summed E-state index contributed by atoms with van der Waals surface area (Å²) in [5, 5.41) is 2.95. The van der Waals surface area contributed by atoms with Crippen molar-refractivity contribution in [1.29, 1.82) is 0 Å². The van der Waals surface area contributed by atoms with Gasteiger partial charge in [0.15, 0.2) is 5.76 Å². The number of aryl methyl sites for hydroxylation is 1. The van der Waals surface area contributed by atoms with Crippen LogP contribution in [0.3, 0.4) is 0 Å². The molecule has 6 heteroatoms. The maximum absolute atomic E-state index is 12.3. The summed E-state index contributed by atoms with van der Waals surface area (Å²) < 4.78 is 5.14. The number of urea groups is 1. The van der Waals surface area contributed by atoms with Gasteiger partial charge in [0.1, 0.15) is 0 Å². The van der Waals surface area contributed by atoms with E-state index in [0.717, 1.165) is 11.1 Å². The number of hydrogen-bond donors (Lipinski definition) is 1. The van der Waals surface area contributed by atoms with Crippen LogP contribution in [0.1, 0.15) is 21.7 Å². The molecule has 2 heterocycles. The first-order chi connectivity index (χ1) is 11.6. The van der Waals surface area contributed by atoms with Crippen molar-refractivity contribution in [2.24, 2.45) is 0 Å². The summed E-state index contributed by atoms with van der Waals surface area (Å²) in [4.78, 5) is 27.9. The number of nitrogens with one attached hydrogen (secondary N) is 1. The van der Waals surface area contributed by atoms with Gasteiger partial charge in [-0.2, -0.15) is 0 Å². The Hall–Kier alpha value is -2.76. The molecule has 1 aliphatic rings. The molecule has 0 aliphatic carbocycles. The van der Waals surface area contributed by atoms with Gasteiger partial charge < -0.3 is 19.5 Å². The van der Waals surface area contributed by atoms with Crippen molar-refractivity contribution in [3.63, 3.8) is 0 Å². The second-order valence-electron chi connectivity index (χ2n) is 5.84. The Balaban J connectivity index is 1.48. The largest absolute Gasteiger partial charge is 0.459 e. The average Bonchev–Trinajstić information content (AvgIpc) is 3.15. The number of rotatable bonds is 3. The molecular weight excluding hydrogens is 306 g/mol. The quantitative estimate of drug-likeness (QED) is 0.940. The second kappa shape index (κ2) is 7.21. The smallest absolute Gasteiger partial charge is 0.317 e. The van der Waals surface area contributed by atoms with E-state index in [9.17, 15) is 9.59 Å². The van der Waals surface area contributed by atoms with Crippen LogP contribution in [0.25, 0.3) is 0 Å². The summed E-state index contributed by atoms with van der Waals surface area (Å²) in [6.07, 6.45) is 1.49. The third kappa shape index (κ3) is 3.59. The van der Waals surface area contributed by atoms with Crippen LogP contribution in [-0.4, -0.2) is 47.9 Å². The van der Waals surface area contributed by atoms with Crippen LogP contribution in [-0.2, 0) is 6.54 Å². The van der Waals surface area contributed by atoms with E-state index >= 15 is 0 Å². The molecular formula is C18H21N3O3. The molecule has 1 aromatic heterocycles. The van der Waals surface area contributed by atoms with Crippen LogP contribution >= 0.6 is 0 Å². The molecule has 1 aliphatic heterocycles. The van der Waals surface area contributed by atoms with E-state index in [2.05, 4.69) is 5.32 Å². The SMILES string of the molecule is Cc1ccccc1CNC(=O)N1CCN(C(=O)c2ccco2)CC1. The minimum atomic E-state index is -0.125. The van der Waals surface area contributed by atoms with Crippen molar-refractivity contribution in [1.82, 2.24) is 15.1 Å². The molecule has 3 amide bonds. The number of benzene rings is 1. The Morgan fingerprint density at radius 2 is 1.75 bits per heavy atom. The van der Waals surface area contributed by atoms with Crippen LogP contribution < -0.4 is 5.32 Å². The number of furan rings is 1. The molecule has 0 unspecified atom stereocenters. The van der Waals surface area contributed by atoms with E-state index in [1.54, 1.807) is 21.9 Å². The van der Waals surface area contributed by atoms with Gasteiger partial charge in [-0.25, -0.2) is 4.79 Å². The molecule has 1 N–H and O–H groups in total. The lowest BCUT2D eigenvalue weighted by Crippen LogP contribution is -2.53. The van der Waals surface area contributed by atoms with Gasteiger partial charge in [-0.05, 0) is 30.2 Å². The van der Waals surface area contributed by atoms with Gasteiger partial charge >= 0.3 is 6.03 Å². The number of carbonyl (C=O) groups excluding carboxylic acids is 2. The molecule has 2 aromatic rings. The zero-order chi connectivity index (χ0) is 16.9. The van der Waals surface area contributed by atoms with Gasteiger partial charge in [0.25, 0.3) is 5.91 Å². The monoisotopic (exact) mass is 327 g/mol. The molecule has 24 heavy (non-hydrogen) atoms. The summed E-state index contributed by atoms with van der Waals surface area (Å²) in [7, 11) is 0. The predicted molar refractivity (Wildman–Crippen MR) is 89.6 cm³/mol. The van der Waals surface area contributed by atoms with Gasteiger partial charge in [0.05, 0.1) is 6.26 Å². The van der Waals surface area contributed by atoms with Crippen LogP contribution in [0.2, 0.25) is 0 Å². The summed E-state index contributed by atoms with van der Waals surface area (Å²) in [6.45, 7) is 4.60. The average molecular weight is 327 g/mol. The molecule has 0 atom stereocenters. The zero-order valence-electron chi connectivity index (χ0n) is 13.7. The van der Waals surface area contributed by atoms with Crippen LogP contribution in [0, 0.1) is 6.92 Å². The first-order valence-electron chi connectivity index (χ1n) is 8.05. The summed E-state index contributed by atoms with van der Waals surface area (Å²) in [5.74, 6) is 0.215. The van der Waals surface area contributed by atoms with Crippen molar-refractivity contribution in [2.45, 2.75) is 13.5 Å². The highest BCUT2D eigenvalue weighted by molar-refractivity contribution is 5.91. The van der Waals surface area contributed by atoms with E-state index in [0.29, 0.717) is 38.5 Å². The molecule has 3 rings (SSSR count). The van der Waals surface area contributed by atoms with Gasteiger partial charge in [0, 0.05) is 32.7 Å². The molecule has 0 spiro atoms. The van der Waals surface area contributed by atoms with Crippen molar-refractivity contribution in [2.75, 3.05) is 26.2 Å². The number of carbonyl (C=O) groups is 2.